The number of carbonyl (C=O) groups excluding carboxylic acids is 1. The molecule has 0 aromatic heterocycles. The van der Waals surface area contributed by atoms with Crippen molar-refractivity contribution in [3.63, 3.8) is 0 Å². The third kappa shape index (κ3) is 4.24. The fourth-order valence-corrected chi connectivity index (χ4v) is 2.83. The standard InChI is InChI=1S/C15H18BrN3O/c16-12-6-7-14(11(8-12)9-17)18-10-15(20)19-13-4-2-1-3-5-13/h6-8,13,18H,1-5,10H2,(H,19,20). The summed E-state index contributed by atoms with van der Waals surface area (Å²) >= 11 is 3.32. The highest BCUT2D eigenvalue weighted by Crippen LogP contribution is 2.20. The number of rotatable bonds is 4. The van der Waals surface area contributed by atoms with Crippen LogP contribution in [0.2, 0.25) is 0 Å². The zero-order valence-electron chi connectivity index (χ0n) is 11.3. The number of anilines is 1. The summed E-state index contributed by atoms with van der Waals surface area (Å²) in [6, 6.07) is 7.82. The molecule has 106 valence electrons. The van der Waals surface area contributed by atoms with Crippen molar-refractivity contribution >= 4 is 27.5 Å². The molecule has 0 radical (unpaired) electrons. The van der Waals surface area contributed by atoms with Gasteiger partial charge >= 0.3 is 0 Å². The molecule has 0 saturated heterocycles. The van der Waals surface area contributed by atoms with Gasteiger partial charge in [0.05, 0.1) is 17.8 Å². The summed E-state index contributed by atoms with van der Waals surface area (Å²) in [5, 5.41) is 15.1. The Labute approximate surface area is 127 Å². The molecule has 0 unspecified atom stereocenters. The third-order valence-electron chi connectivity index (χ3n) is 3.51. The van der Waals surface area contributed by atoms with E-state index in [1.54, 1.807) is 12.1 Å². The Bertz CT molecular complexity index is 518. The predicted octanol–water partition coefficient (Wildman–Crippen LogP) is 3.18. The van der Waals surface area contributed by atoms with Gasteiger partial charge in [-0.05, 0) is 31.0 Å². The minimum absolute atomic E-state index is 0.0105. The van der Waals surface area contributed by atoms with E-state index < -0.39 is 0 Å². The fraction of sp³-hybridized carbons (Fsp3) is 0.467. The molecule has 4 nitrogen and oxygen atoms in total. The monoisotopic (exact) mass is 335 g/mol. The number of nitriles is 1. The lowest BCUT2D eigenvalue weighted by Crippen LogP contribution is -2.39. The number of hydrogen-bond acceptors (Lipinski definition) is 3. The van der Waals surface area contributed by atoms with Gasteiger partial charge in [-0.1, -0.05) is 35.2 Å². The Hall–Kier alpha value is -1.54. The maximum absolute atomic E-state index is 11.9. The lowest BCUT2D eigenvalue weighted by Gasteiger charge is -2.23. The van der Waals surface area contributed by atoms with Crippen molar-refractivity contribution in [2.24, 2.45) is 0 Å². The average molecular weight is 336 g/mol. The number of benzene rings is 1. The molecular formula is C15H18BrN3O. The van der Waals surface area contributed by atoms with Crippen molar-refractivity contribution in [3.05, 3.63) is 28.2 Å². The van der Waals surface area contributed by atoms with Crippen LogP contribution in [-0.4, -0.2) is 18.5 Å². The molecule has 1 fully saturated rings. The van der Waals surface area contributed by atoms with Gasteiger partial charge in [-0.25, -0.2) is 0 Å². The molecule has 0 heterocycles. The molecule has 1 saturated carbocycles. The van der Waals surface area contributed by atoms with Gasteiger partial charge in [0, 0.05) is 10.5 Å². The van der Waals surface area contributed by atoms with E-state index in [2.05, 4.69) is 32.6 Å². The van der Waals surface area contributed by atoms with E-state index in [9.17, 15) is 4.79 Å². The Kier molecular flexibility index (Phi) is 5.42. The normalized spacial score (nSPS) is 15.4. The number of halogens is 1. The van der Waals surface area contributed by atoms with Gasteiger partial charge in [0.1, 0.15) is 6.07 Å². The highest BCUT2D eigenvalue weighted by atomic mass is 79.9. The molecule has 1 aromatic rings. The molecule has 1 amide bonds. The first kappa shape index (κ1) is 14.9. The van der Waals surface area contributed by atoms with Crippen molar-refractivity contribution in [2.75, 3.05) is 11.9 Å². The van der Waals surface area contributed by atoms with Crippen molar-refractivity contribution < 1.29 is 4.79 Å². The van der Waals surface area contributed by atoms with E-state index >= 15 is 0 Å². The first-order chi connectivity index (χ1) is 9.69. The molecule has 5 heteroatoms. The fourth-order valence-electron chi connectivity index (χ4n) is 2.46. The first-order valence-corrected chi connectivity index (χ1v) is 7.71. The SMILES string of the molecule is N#Cc1cc(Br)ccc1NCC(=O)NC1CCCCC1. The quantitative estimate of drug-likeness (QED) is 0.888. The second kappa shape index (κ2) is 7.30. The molecule has 1 aromatic carbocycles. The summed E-state index contributed by atoms with van der Waals surface area (Å²) < 4.78 is 0.853. The van der Waals surface area contributed by atoms with Crippen LogP contribution in [0, 0.1) is 11.3 Å². The van der Waals surface area contributed by atoms with Gasteiger partial charge in [0.2, 0.25) is 5.91 Å². The predicted molar refractivity (Wildman–Crippen MR) is 82.4 cm³/mol. The number of carbonyl (C=O) groups is 1. The summed E-state index contributed by atoms with van der Waals surface area (Å²) in [7, 11) is 0. The Balaban J connectivity index is 1.85. The van der Waals surface area contributed by atoms with Crippen LogP contribution in [0.5, 0.6) is 0 Å². The number of amides is 1. The minimum Gasteiger partial charge on any atom is -0.375 e. The van der Waals surface area contributed by atoms with Crippen molar-refractivity contribution in [1.29, 1.82) is 5.26 Å². The van der Waals surface area contributed by atoms with E-state index in [0.29, 0.717) is 17.3 Å². The largest absolute Gasteiger partial charge is 0.375 e. The highest BCUT2D eigenvalue weighted by molar-refractivity contribution is 9.10. The molecule has 1 aliphatic rings. The molecule has 0 spiro atoms. The van der Waals surface area contributed by atoms with Crippen LogP contribution in [0.4, 0.5) is 5.69 Å². The van der Waals surface area contributed by atoms with Gasteiger partial charge in [0.25, 0.3) is 0 Å². The van der Waals surface area contributed by atoms with E-state index in [-0.39, 0.29) is 12.5 Å². The van der Waals surface area contributed by atoms with Crippen LogP contribution < -0.4 is 10.6 Å². The van der Waals surface area contributed by atoms with Gasteiger partial charge in [-0.2, -0.15) is 5.26 Å². The Morgan fingerprint density at radius 1 is 1.35 bits per heavy atom. The molecule has 0 atom stereocenters. The number of hydrogen-bond donors (Lipinski definition) is 2. The van der Waals surface area contributed by atoms with Gasteiger partial charge in [-0.3, -0.25) is 4.79 Å². The van der Waals surface area contributed by atoms with Crippen molar-refractivity contribution in [1.82, 2.24) is 5.32 Å². The van der Waals surface area contributed by atoms with Gasteiger partial charge in [-0.15, -0.1) is 0 Å². The van der Waals surface area contributed by atoms with Crippen LogP contribution in [0.25, 0.3) is 0 Å². The van der Waals surface area contributed by atoms with Crippen molar-refractivity contribution in [2.45, 2.75) is 38.1 Å². The van der Waals surface area contributed by atoms with Crippen LogP contribution in [0.15, 0.2) is 22.7 Å². The Morgan fingerprint density at radius 3 is 2.80 bits per heavy atom. The van der Waals surface area contributed by atoms with Crippen LogP contribution in [0.1, 0.15) is 37.7 Å². The molecule has 1 aliphatic carbocycles. The second-order valence-corrected chi connectivity index (χ2v) is 5.97. The van der Waals surface area contributed by atoms with Crippen molar-refractivity contribution in [3.8, 4) is 6.07 Å². The summed E-state index contributed by atoms with van der Waals surface area (Å²) in [5.74, 6) is -0.0105. The van der Waals surface area contributed by atoms with Crippen LogP contribution in [-0.2, 0) is 4.79 Å². The molecule has 2 rings (SSSR count). The zero-order chi connectivity index (χ0) is 14.4. The zero-order valence-corrected chi connectivity index (χ0v) is 12.9. The number of nitrogens with zero attached hydrogens (tertiary/aromatic N) is 1. The van der Waals surface area contributed by atoms with Crippen LogP contribution in [0.3, 0.4) is 0 Å². The topological polar surface area (TPSA) is 64.9 Å². The second-order valence-electron chi connectivity index (χ2n) is 5.06. The first-order valence-electron chi connectivity index (χ1n) is 6.92. The van der Waals surface area contributed by atoms with E-state index in [1.165, 1.54) is 19.3 Å². The Morgan fingerprint density at radius 2 is 2.10 bits per heavy atom. The molecule has 0 bridgehead atoms. The molecule has 20 heavy (non-hydrogen) atoms. The number of nitrogens with one attached hydrogen (secondary N) is 2. The highest BCUT2D eigenvalue weighted by Gasteiger charge is 2.15. The summed E-state index contributed by atoms with van der Waals surface area (Å²) in [6.07, 6.45) is 5.82. The maximum atomic E-state index is 11.9. The molecule has 0 aliphatic heterocycles. The summed E-state index contributed by atoms with van der Waals surface area (Å²) in [6.45, 7) is 0.201. The van der Waals surface area contributed by atoms with E-state index in [0.717, 1.165) is 17.3 Å². The van der Waals surface area contributed by atoms with Gasteiger partial charge < -0.3 is 10.6 Å². The lowest BCUT2D eigenvalue weighted by atomic mass is 9.95. The molecule has 2 N–H and O–H groups in total. The van der Waals surface area contributed by atoms with Gasteiger partial charge in [0.15, 0.2) is 0 Å². The third-order valence-corrected chi connectivity index (χ3v) is 4.00. The van der Waals surface area contributed by atoms with E-state index in [4.69, 9.17) is 5.26 Å². The maximum Gasteiger partial charge on any atom is 0.239 e. The van der Waals surface area contributed by atoms with Crippen LogP contribution >= 0.6 is 15.9 Å². The summed E-state index contributed by atoms with van der Waals surface area (Å²) in [5.41, 5.74) is 1.22. The average Bonchev–Trinajstić information content (AvgIpc) is 2.47. The molecular weight excluding hydrogens is 318 g/mol. The minimum atomic E-state index is -0.0105. The smallest absolute Gasteiger partial charge is 0.239 e. The lowest BCUT2D eigenvalue weighted by molar-refractivity contribution is -0.120. The summed E-state index contributed by atoms with van der Waals surface area (Å²) in [4.78, 5) is 11.9. The van der Waals surface area contributed by atoms with E-state index in [1.807, 2.05) is 6.07 Å².